The average Bonchev–Trinajstić information content (AvgIpc) is 2.68. The van der Waals surface area contributed by atoms with Gasteiger partial charge >= 0.3 is 5.97 Å². The fraction of sp³-hybridized carbons (Fsp3) is 0.263. The number of carboxylic acids is 1. The van der Waals surface area contributed by atoms with E-state index < -0.39 is 16.8 Å². The number of aromatic carboxylic acids is 1. The van der Waals surface area contributed by atoms with Crippen LogP contribution in [0.4, 0.5) is 17.1 Å². The van der Waals surface area contributed by atoms with E-state index in [1.807, 2.05) is 0 Å². The summed E-state index contributed by atoms with van der Waals surface area (Å²) in [4.78, 5) is 36.4. The summed E-state index contributed by atoms with van der Waals surface area (Å²) < 4.78 is 0. The van der Waals surface area contributed by atoms with Crippen LogP contribution in [-0.4, -0.2) is 35.0 Å². The third kappa shape index (κ3) is 4.22. The van der Waals surface area contributed by atoms with Crippen LogP contribution < -0.4 is 10.2 Å². The van der Waals surface area contributed by atoms with E-state index in [0.717, 1.165) is 32.4 Å². The smallest absolute Gasteiger partial charge is 0.335 e. The molecular formula is C19H19N3O5. The van der Waals surface area contributed by atoms with E-state index in [1.54, 1.807) is 6.07 Å². The Morgan fingerprint density at radius 1 is 1.04 bits per heavy atom. The lowest BCUT2D eigenvalue weighted by Crippen LogP contribution is -2.31. The quantitative estimate of drug-likeness (QED) is 0.616. The number of nitro benzene ring substituents is 1. The van der Waals surface area contributed by atoms with Gasteiger partial charge in [0.25, 0.3) is 11.6 Å². The molecule has 0 saturated carbocycles. The highest BCUT2D eigenvalue weighted by atomic mass is 16.6. The summed E-state index contributed by atoms with van der Waals surface area (Å²) in [5.41, 5.74) is 1.27. The van der Waals surface area contributed by atoms with Crippen LogP contribution in [-0.2, 0) is 0 Å². The molecule has 2 N–H and O–H groups in total. The molecule has 0 aromatic heterocycles. The van der Waals surface area contributed by atoms with E-state index >= 15 is 0 Å². The van der Waals surface area contributed by atoms with Crippen LogP contribution in [0.5, 0.6) is 0 Å². The third-order valence-electron chi connectivity index (χ3n) is 4.52. The van der Waals surface area contributed by atoms with Crippen LogP contribution in [0.1, 0.15) is 40.0 Å². The second-order valence-corrected chi connectivity index (χ2v) is 6.34. The largest absolute Gasteiger partial charge is 0.478 e. The minimum Gasteiger partial charge on any atom is -0.478 e. The Morgan fingerprint density at radius 3 is 2.30 bits per heavy atom. The highest BCUT2D eigenvalue weighted by Gasteiger charge is 2.22. The molecule has 1 fully saturated rings. The van der Waals surface area contributed by atoms with Crippen molar-refractivity contribution in [2.75, 3.05) is 23.3 Å². The first kappa shape index (κ1) is 18.4. The van der Waals surface area contributed by atoms with Crippen LogP contribution in [0.2, 0.25) is 0 Å². The number of nitrogens with one attached hydrogen (secondary N) is 1. The first-order chi connectivity index (χ1) is 13.0. The third-order valence-corrected chi connectivity index (χ3v) is 4.52. The van der Waals surface area contributed by atoms with E-state index in [1.165, 1.54) is 36.4 Å². The van der Waals surface area contributed by atoms with Gasteiger partial charge in [-0.25, -0.2) is 4.79 Å². The minimum absolute atomic E-state index is 0.109. The summed E-state index contributed by atoms with van der Waals surface area (Å²) in [7, 11) is 0. The number of nitro groups is 1. The van der Waals surface area contributed by atoms with Crippen molar-refractivity contribution in [2.45, 2.75) is 19.3 Å². The molecule has 2 aromatic rings. The second kappa shape index (κ2) is 7.86. The molecule has 27 heavy (non-hydrogen) atoms. The van der Waals surface area contributed by atoms with Crippen molar-refractivity contribution in [1.29, 1.82) is 0 Å². The number of hydrogen-bond donors (Lipinski definition) is 2. The van der Waals surface area contributed by atoms with E-state index in [2.05, 4.69) is 10.2 Å². The number of carbonyl (C=O) groups excluding carboxylic acids is 1. The van der Waals surface area contributed by atoms with Gasteiger partial charge in [0.15, 0.2) is 0 Å². The molecule has 0 bridgehead atoms. The molecule has 1 aliphatic heterocycles. The number of benzene rings is 2. The molecule has 3 rings (SSSR count). The number of piperidine rings is 1. The molecule has 1 aliphatic rings. The Morgan fingerprint density at radius 2 is 1.70 bits per heavy atom. The number of nitrogens with zero attached hydrogens (tertiary/aromatic N) is 2. The van der Waals surface area contributed by atoms with Gasteiger partial charge in [-0.3, -0.25) is 14.9 Å². The molecule has 0 spiro atoms. The summed E-state index contributed by atoms with van der Waals surface area (Å²) in [5.74, 6) is -1.53. The van der Waals surface area contributed by atoms with Gasteiger partial charge in [-0.15, -0.1) is 0 Å². The summed E-state index contributed by atoms with van der Waals surface area (Å²) in [6.07, 6.45) is 3.14. The van der Waals surface area contributed by atoms with Gasteiger partial charge in [-0.1, -0.05) is 0 Å². The normalized spacial score (nSPS) is 13.9. The summed E-state index contributed by atoms with van der Waals surface area (Å²) in [5, 5.41) is 22.8. The molecule has 0 aliphatic carbocycles. The maximum absolute atomic E-state index is 12.8. The Balaban J connectivity index is 1.89. The van der Waals surface area contributed by atoms with Crippen LogP contribution in [0.3, 0.4) is 0 Å². The number of carboxylic acid groups (broad SMARTS) is 1. The lowest BCUT2D eigenvalue weighted by Gasteiger charge is -2.30. The van der Waals surface area contributed by atoms with Crippen LogP contribution in [0.15, 0.2) is 42.5 Å². The van der Waals surface area contributed by atoms with Crippen LogP contribution in [0, 0.1) is 10.1 Å². The zero-order valence-electron chi connectivity index (χ0n) is 14.6. The number of amides is 1. The summed E-state index contributed by atoms with van der Waals surface area (Å²) in [6, 6.07) is 10.0. The molecule has 0 unspecified atom stereocenters. The SMILES string of the molecule is O=C(O)c1ccc(NC(=O)c2cc([N+](=O)[O-])ccc2N2CCCCC2)cc1. The van der Waals surface area contributed by atoms with Crippen molar-refractivity contribution in [1.82, 2.24) is 0 Å². The van der Waals surface area contributed by atoms with Gasteiger partial charge in [0.05, 0.1) is 21.7 Å². The molecule has 0 atom stereocenters. The second-order valence-electron chi connectivity index (χ2n) is 6.34. The van der Waals surface area contributed by atoms with Gasteiger partial charge in [0.2, 0.25) is 0 Å². The first-order valence-corrected chi connectivity index (χ1v) is 8.64. The van der Waals surface area contributed by atoms with E-state index in [9.17, 15) is 19.7 Å². The van der Waals surface area contributed by atoms with Crippen molar-refractivity contribution in [3.05, 3.63) is 63.7 Å². The number of rotatable bonds is 5. The molecule has 8 heteroatoms. The van der Waals surface area contributed by atoms with E-state index in [4.69, 9.17) is 5.11 Å². The van der Waals surface area contributed by atoms with Crippen molar-refractivity contribution < 1.29 is 19.6 Å². The molecule has 2 aromatic carbocycles. The predicted molar refractivity (Wildman–Crippen MR) is 101 cm³/mol. The Kier molecular flexibility index (Phi) is 5.35. The Labute approximate surface area is 155 Å². The zero-order chi connectivity index (χ0) is 19.4. The van der Waals surface area contributed by atoms with Gasteiger partial charge in [0.1, 0.15) is 0 Å². The first-order valence-electron chi connectivity index (χ1n) is 8.64. The standard InChI is InChI=1S/C19H19N3O5/c23-18(20-14-6-4-13(5-7-14)19(24)25)16-12-15(22(26)27)8-9-17(16)21-10-2-1-3-11-21/h4-9,12H,1-3,10-11H2,(H,20,23)(H,24,25). The van der Waals surface area contributed by atoms with Crippen LogP contribution in [0.25, 0.3) is 0 Å². The number of carbonyl (C=O) groups is 2. The molecule has 1 amide bonds. The van der Waals surface area contributed by atoms with E-state index in [-0.39, 0.29) is 16.8 Å². The predicted octanol–water partition coefficient (Wildman–Crippen LogP) is 3.54. The topological polar surface area (TPSA) is 113 Å². The maximum atomic E-state index is 12.8. The highest BCUT2D eigenvalue weighted by Crippen LogP contribution is 2.28. The molecule has 1 heterocycles. The van der Waals surface area contributed by atoms with Gasteiger partial charge < -0.3 is 15.3 Å². The number of hydrogen-bond acceptors (Lipinski definition) is 5. The fourth-order valence-corrected chi connectivity index (χ4v) is 3.12. The molecule has 140 valence electrons. The van der Waals surface area contributed by atoms with Gasteiger partial charge in [-0.05, 0) is 49.6 Å². The van der Waals surface area contributed by atoms with Gasteiger partial charge in [-0.2, -0.15) is 0 Å². The van der Waals surface area contributed by atoms with E-state index in [0.29, 0.717) is 11.4 Å². The fourth-order valence-electron chi connectivity index (χ4n) is 3.12. The van der Waals surface area contributed by atoms with Crippen molar-refractivity contribution >= 4 is 28.9 Å². The number of non-ortho nitro benzene ring substituents is 1. The summed E-state index contributed by atoms with van der Waals surface area (Å²) in [6.45, 7) is 1.59. The molecule has 1 saturated heterocycles. The lowest BCUT2D eigenvalue weighted by atomic mass is 10.1. The van der Waals surface area contributed by atoms with Crippen LogP contribution >= 0.6 is 0 Å². The zero-order valence-corrected chi connectivity index (χ0v) is 14.6. The molecule has 0 radical (unpaired) electrons. The molecular weight excluding hydrogens is 350 g/mol. The highest BCUT2D eigenvalue weighted by molar-refractivity contribution is 6.08. The lowest BCUT2D eigenvalue weighted by molar-refractivity contribution is -0.384. The number of anilines is 2. The summed E-state index contributed by atoms with van der Waals surface area (Å²) >= 11 is 0. The minimum atomic E-state index is -1.06. The Bertz CT molecular complexity index is 873. The molecule has 8 nitrogen and oxygen atoms in total. The maximum Gasteiger partial charge on any atom is 0.335 e. The van der Waals surface area contributed by atoms with Crippen molar-refractivity contribution in [2.24, 2.45) is 0 Å². The van der Waals surface area contributed by atoms with Crippen molar-refractivity contribution in [3.8, 4) is 0 Å². The Hall–Kier alpha value is -3.42. The van der Waals surface area contributed by atoms with Gasteiger partial charge in [0, 0.05) is 30.9 Å². The monoisotopic (exact) mass is 369 g/mol. The average molecular weight is 369 g/mol. The van der Waals surface area contributed by atoms with Crippen molar-refractivity contribution in [3.63, 3.8) is 0 Å².